The van der Waals surface area contributed by atoms with E-state index in [1.165, 1.54) is 12.8 Å². The Labute approximate surface area is 119 Å². The predicted octanol–water partition coefficient (Wildman–Crippen LogP) is 1.98. The molecule has 0 spiro atoms. The third-order valence-electron chi connectivity index (χ3n) is 4.28. The summed E-state index contributed by atoms with van der Waals surface area (Å²) in [6.07, 6.45) is 6.18. The van der Waals surface area contributed by atoms with Gasteiger partial charge in [0.15, 0.2) is 11.7 Å². The second-order valence-electron chi connectivity index (χ2n) is 6.26. The number of nitrogens with two attached hydrogens (primary N) is 1. The third kappa shape index (κ3) is 3.00. The lowest BCUT2D eigenvalue weighted by Gasteiger charge is -2.39. The third-order valence-corrected chi connectivity index (χ3v) is 4.28. The molecule has 0 radical (unpaired) electrons. The van der Waals surface area contributed by atoms with Gasteiger partial charge in [0.1, 0.15) is 0 Å². The smallest absolute Gasteiger partial charge is 0.173 e. The van der Waals surface area contributed by atoms with Gasteiger partial charge in [-0.2, -0.15) is 5.10 Å². The lowest BCUT2D eigenvalue weighted by Crippen LogP contribution is -2.38. The fourth-order valence-electron chi connectivity index (χ4n) is 2.78. The van der Waals surface area contributed by atoms with Gasteiger partial charge in [-0.1, -0.05) is 19.0 Å². The summed E-state index contributed by atoms with van der Waals surface area (Å²) < 4.78 is 0. The highest BCUT2D eigenvalue weighted by Gasteiger charge is 2.30. The SMILES string of the molecule is CN(c1nnccc1/C(N)=N/O)C1CCC(C)(C)CC1. The molecule has 0 unspecified atom stereocenters. The van der Waals surface area contributed by atoms with Crippen molar-refractivity contribution < 1.29 is 5.21 Å². The Balaban J connectivity index is 2.20. The van der Waals surface area contributed by atoms with Crippen molar-refractivity contribution in [1.29, 1.82) is 0 Å². The molecule has 0 aromatic carbocycles. The molecule has 6 nitrogen and oxygen atoms in total. The summed E-state index contributed by atoms with van der Waals surface area (Å²) in [5, 5.41) is 20.0. The molecule has 1 aliphatic rings. The maximum Gasteiger partial charge on any atom is 0.173 e. The van der Waals surface area contributed by atoms with Gasteiger partial charge in [0.05, 0.1) is 11.8 Å². The highest BCUT2D eigenvalue weighted by molar-refractivity contribution is 6.01. The first kappa shape index (κ1) is 14.6. The van der Waals surface area contributed by atoms with Gasteiger partial charge in [0.25, 0.3) is 0 Å². The van der Waals surface area contributed by atoms with Crippen LogP contribution in [0.1, 0.15) is 45.1 Å². The topological polar surface area (TPSA) is 87.6 Å². The van der Waals surface area contributed by atoms with E-state index in [1.54, 1.807) is 12.3 Å². The van der Waals surface area contributed by atoms with Crippen molar-refractivity contribution in [2.75, 3.05) is 11.9 Å². The van der Waals surface area contributed by atoms with E-state index in [0.29, 0.717) is 22.8 Å². The number of amidine groups is 1. The van der Waals surface area contributed by atoms with E-state index in [2.05, 4.69) is 34.1 Å². The summed E-state index contributed by atoms with van der Waals surface area (Å²) in [5.74, 6) is 0.741. The number of nitrogens with zero attached hydrogens (tertiary/aromatic N) is 4. The van der Waals surface area contributed by atoms with Gasteiger partial charge in [0.2, 0.25) is 0 Å². The Morgan fingerprint density at radius 1 is 1.45 bits per heavy atom. The van der Waals surface area contributed by atoms with Gasteiger partial charge in [-0.3, -0.25) is 0 Å². The summed E-state index contributed by atoms with van der Waals surface area (Å²) in [6, 6.07) is 2.14. The largest absolute Gasteiger partial charge is 0.409 e. The first-order valence-corrected chi connectivity index (χ1v) is 6.97. The molecule has 20 heavy (non-hydrogen) atoms. The minimum atomic E-state index is 0.0675. The number of oxime groups is 1. The minimum absolute atomic E-state index is 0.0675. The van der Waals surface area contributed by atoms with E-state index in [0.717, 1.165) is 12.8 Å². The number of anilines is 1. The van der Waals surface area contributed by atoms with E-state index in [-0.39, 0.29) is 5.84 Å². The van der Waals surface area contributed by atoms with Crippen LogP contribution in [0.25, 0.3) is 0 Å². The molecular formula is C14H23N5O. The van der Waals surface area contributed by atoms with Gasteiger partial charge in [-0.15, -0.1) is 5.10 Å². The molecule has 0 atom stereocenters. The first-order chi connectivity index (χ1) is 9.44. The van der Waals surface area contributed by atoms with Crippen LogP contribution in [0, 0.1) is 5.41 Å². The molecule has 0 aliphatic heterocycles. The highest BCUT2D eigenvalue weighted by atomic mass is 16.4. The molecular weight excluding hydrogens is 254 g/mol. The molecule has 1 heterocycles. The molecule has 1 aliphatic carbocycles. The Kier molecular flexibility index (Phi) is 4.11. The second-order valence-corrected chi connectivity index (χ2v) is 6.26. The molecule has 1 aromatic heterocycles. The zero-order valence-corrected chi connectivity index (χ0v) is 12.4. The summed E-state index contributed by atoms with van der Waals surface area (Å²) in [4.78, 5) is 2.11. The van der Waals surface area contributed by atoms with Gasteiger partial charge in [-0.05, 0) is 37.2 Å². The van der Waals surface area contributed by atoms with E-state index < -0.39 is 0 Å². The van der Waals surface area contributed by atoms with Crippen molar-refractivity contribution in [1.82, 2.24) is 10.2 Å². The van der Waals surface area contributed by atoms with Crippen LogP contribution in [-0.2, 0) is 0 Å². The lowest BCUT2D eigenvalue weighted by atomic mass is 9.75. The van der Waals surface area contributed by atoms with Crippen LogP contribution in [0.15, 0.2) is 17.4 Å². The molecule has 3 N–H and O–H groups in total. The first-order valence-electron chi connectivity index (χ1n) is 6.97. The Morgan fingerprint density at radius 2 is 2.10 bits per heavy atom. The molecule has 6 heteroatoms. The van der Waals surface area contributed by atoms with Crippen LogP contribution in [0.3, 0.4) is 0 Å². The maximum absolute atomic E-state index is 8.87. The van der Waals surface area contributed by atoms with Crippen molar-refractivity contribution >= 4 is 11.7 Å². The zero-order valence-electron chi connectivity index (χ0n) is 12.4. The molecule has 1 fully saturated rings. The van der Waals surface area contributed by atoms with Gasteiger partial charge in [-0.25, -0.2) is 0 Å². The highest BCUT2D eigenvalue weighted by Crippen LogP contribution is 2.37. The number of hydrogen-bond donors (Lipinski definition) is 2. The average Bonchev–Trinajstić information content (AvgIpc) is 2.45. The molecule has 0 saturated heterocycles. The second kappa shape index (κ2) is 5.64. The molecule has 1 saturated carbocycles. The standard InChI is InChI=1S/C14H23N5O/c1-14(2)7-4-10(5-8-14)19(3)13-11(12(15)18-20)6-9-16-17-13/h6,9-10,20H,4-5,7-8H2,1-3H3,(H2,15,18). The fraction of sp³-hybridized carbons (Fsp3) is 0.643. The minimum Gasteiger partial charge on any atom is -0.409 e. The van der Waals surface area contributed by atoms with Crippen molar-refractivity contribution in [3.63, 3.8) is 0 Å². The van der Waals surface area contributed by atoms with Crippen LogP contribution < -0.4 is 10.6 Å². The monoisotopic (exact) mass is 277 g/mol. The molecule has 0 amide bonds. The van der Waals surface area contributed by atoms with E-state index in [1.807, 2.05) is 7.05 Å². The summed E-state index contributed by atoms with van der Waals surface area (Å²) >= 11 is 0. The normalized spacial score (nSPS) is 19.9. The van der Waals surface area contributed by atoms with Gasteiger partial charge in [0, 0.05) is 13.1 Å². The van der Waals surface area contributed by atoms with Crippen LogP contribution in [0.5, 0.6) is 0 Å². The van der Waals surface area contributed by atoms with E-state index in [4.69, 9.17) is 10.9 Å². The average molecular weight is 277 g/mol. The zero-order chi connectivity index (χ0) is 14.8. The predicted molar refractivity (Wildman–Crippen MR) is 79.0 cm³/mol. The maximum atomic E-state index is 8.87. The summed E-state index contributed by atoms with van der Waals surface area (Å²) in [6.45, 7) is 4.63. The van der Waals surface area contributed by atoms with Crippen LogP contribution in [0.4, 0.5) is 5.82 Å². The Morgan fingerprint density at radius 3 is 2.70 bits per heavy atom. The van der Waals surface area contributed by atoms with Crippen molar-refractivity contribution in [2.45, 2.75) is 45.6 Å². The van der Waals surface area contributed by atoms with Crippen molar-refractivity contribution in [2.24, 2.45) is 16.3 Å². The van der Waals surface area contributed by atoms with Crippen LogP contribution in [0.2, 0.25) is 0 Å². The Hall–Kier alpha value is -1.85. The van der Waals surface area contributed by atoms with E-state index in [9.17, 15) is 0 Å². The van der Waals surface area contributed by atoms with Crippen molar-refractivity contribution in [3.05, 3.63) is 17.8 Å². The van der Waals surface area contributed by atoms with Crippen LogP contribution in [-0.4, -0.2) is 34.3 Å². The summed E-state index contributed by atoms with van der Waals surface area (Å²) in [7, 11) is 2.00. The van der Waals surface area contributed by atoms with Crippen molar-refractivity contribution in [3.8, 4) is 0 Å². The summed E-state index contributed by atoms with van der Waals surface area (Å²) in [5.41, 5.74) is 6.76. The molecule has 110 valence electrons. The molecule has 0 bridgehead atoms. The number of aromatic nitrogens is 2. The molecule has 1 aromatic rings. The molecule has 2 rings (SSSR count). The fourth-order valence-corrected chi connectivity index (χ4v) is 2.78. The van der Waals surface area contributed by atoms with Crippen LogP contribution >= 0.6 is 0 Å². The quantitative estimate of drug-likeness (QED) is 0.382. The number of rotatable bonds is 3. The van der Waals surface area contributed by atoms with E-state index >= 15 is 0 Å². The lowest BCUT2D eigenvalue weighted by molar-refractivity contribution is 0.222. The van der Waals surface area contributed by atoms with Gasteiger partial charge < -0.3 is 15.8 Å². The number of hydrogen-bond acceptors (Lipinski definition) is 5. The van der Waals surface area contributed by atoms with Gasteiger partial charge >= 0.3 is 0 Å². The Bertz CT molecular complexity index is 490.